The maximum atomic E-state index is 3.59. The zero-order chi connectivity index (χ0) is 9.10. The lowest BCUT2D eigenvalue weighted by atomic mass is 10.1. The molecule has 2 rings (SSSR count). The third-order valence-corrected chi connectivity index (χ3v) is 2.95. The number of hydrogen-bond acceptors (Lipinski definition) is 1. The van der Waals surface area contributed by atoms with Crippen LogP contribution in [0.15, 0.2) is 18.5 Å². The van der Waals surface area contributed by atoms with Crippen LogP contribution in [0.25, 0.3) is 0 Å². The van der Waals surface area contributed by atoms with Crippen LogP contribution in [0.3, 0.4) is 0 Å². The Morgan fingerprint density at radius 3 is 3.08 bits per heavy atom. The van der Waals surface area contributed by atoms with Crippen LogP contribution < -0.4 is 5.32 Å². The van der Waals surface area contributed by atoms with E-state index in [1.54, 1.807) is 0 Å². The van der Waals surface area contributed by atoms with E-state index in [1.165, 1.54) is 24.8 Å². The molecular weight excluding hydrogens is 160 g/mol. The van der Waals surface area contributed by atoms with Crippen LogP contribution in [0.5, 0.6) is 0 Å². The summed E-state index contributed by atoms with van der Waals surface area (Å²) < 4.78 is 0. The van der Waals surface area contributed by atoms with Crippen molar-refractivity contribution in [3.8, 4) is 0 Å². The van der Waals surface area contributed by atoms with Crippen LogP contribution >= 0.6 is 0 Å². The van der Waals surface area contributed by atoms with Gasteiger partial charge in [-0.15, -0.1) is 0 Å². The summed E-state index contributed by atoms with van der Waals surface area (Å²) in [5, 5.41) is 3.59. The first kappa shape index (κ1) is 8.82. The molecule has 13 heavy (non-hydrogen) atoms. The second-order valence-corrected chi connectivity index (χ2v) is 4.22. The molecule has 72 valence electrons. The van der Waals surface area contributed by atoms with Gasteiger partial charge in [-0.05, 0) is 36.8 Å². The van der Waals surface area contributed by atoms with E-state index in [2.05, 4.69) is 29.5 Å². The summed E-state index contributed by atoms with van der Waals surface area (Å²) in [4.78, 5) is 3.07. The molecule has 0 amide bonds. The monoisotopic (exact) mass is 178 g/mol. The van der Waals surface area contributed by atoms with Gasteiger partial charge in [0.1, 0.15) is 0 Å². The molecule has 1 aromatic heterocycles. The van der Waals surface area contributed by atoms with E-state index in [1.807, 2.05) is 6.20 Å². The summed E-state index contributed by atoms with van der Waals surface area (Å²) in [5.41, 5.74) is 1.36. The Balaban J connectivity index is 1.74. The molecule has 2 nitrogen and oxygen atoms in total. The third-order valence-electron chi connectivity index (χ3n) is 2.95. The highest BCUT2D eigenvalue weighted by Gasteiger charge is 2.20. The highest BCUT2D eigenvalue weighted by Crippen LogP contribution is 2.24. The largest absolute Gasteiger partial charge is 0.367 e. The summed E-state index contributed by atoms with van der Waals surface area (Å²) in [5.74, 6) is 0.920. The zero-order valence-electron chi connectivity index (χ0n) is 8.22. The maximum absolute atomic E-state index is 3.59. The van der Waals surface area contributed by atoms with Crippen LogP contribution in [0.1, 0.15) is 31.7 Å². The molecule has 1 aliphatic rings. The van der Waals surface area contributed by atoms with Crippen molar-refractivity contribution in [2.45, 2.75) is 38.8 Å². The molecule has 0 aliphatic heterocycles. The minimum absolute atomic E-state index is 0.755. The molecule has 2 heteroatoms. The van der Waals surface area contributed by atoms with Gasteiger partial charge in [0, 0.05) is 25.0 Å². The summed E-state index contributed by atoms with van der Waals surface area (Å²) in [7, 11) is 0. The lowest BCUT2D eigenvalue weighted by Crippen LogP contribution is -2.25. The van der Waals surface area contributed by atoms with Gasteiger partial charge >= 0.3 is 0 Å². The van der Waals surface area contributed by atoms with Gasteiger partial charge in [0.2, 0.25) is 0 Å². The van der Waals surface area contributed by atoms with Gasteiger partial charge in [0.25, 0.3) is 0 Å². The second-order valence-electron chi connectivity index (χ2n) is 4.22. The number of H-pyrrole nitrogens is 1. The Hall–Kier alpha value is -0.760. The molecule has 1 heterocycles. The number of hydrogen-bond donors (Lipinski definition) is 2. The average Bonchev–Trinajstić information content (AvgIpc) is 2.71. The van der Waals surface area contributed by atoms with Crippen molar-refractivity contribution in [2.75, 3.05) is 0 Å². The molecule has 2 atom stereocenters. The second kappa shape index (κ2) is 3.97. The molecule has 1 aromatic rings. The summed E-state index contributed by atoms with van der Waals surface area (Å²) in [6.45, 7) is 3.36. The highest BCUT2D eigenvalue weighted by molar-refractivity contribution is 5.07. The fourth-order valence-electron chi connectivity index (χ4n) is 2.12. The first-order chi connectivity index (χ1) is 6.34. The van der Waals surface area contributed by atoms with Gasteiger partial charge in [-0.25, -0.2) is 0 Å². The predicted octanol–water partition coefficient (Wildman–Crippen LogP) is 2.29. The van der Waals surface area contributed by atoms with E-state index in [0.717, 1.165) is 18.5 Å². The SMILES string of the molecule is CC1CCC(NCc2cc[nH]c2)C1. The molecule has 1 aliphatic carbocycles. The van der Waals surface area contributed by atoms with E-state index in [9.17, 15) is 0 Å². The first-order valence-electron chi connectivity index (χ1n) is 5.19. The summed E-state index contributed by atoms with van der Waals surface area (Å²) in [6.07, 6.45) is 8.14. The molecular formula is C11H18N2. The van der Waals surface area contributed by atoms with Crippen LogP contribution in [-0.2, 0) is 6.54 Å². The summed E-state index contributed by atoms with van der Waals surface area (Å²) >= 11 is 0. The van der Waals surface area contributed by atoms with E-state index in [-0.39, 0.29) is 0 Å². The van der Waals surface area contributed by atoms with Gasteiger partial charge in [-0.1, -0.05) is 6.92 Å². The molecule has 1 saturated carbocycles. The quantitative estimate of drug-likeness (QED) is 0.730. The van der Waals surface area contributed by atoms with Crippen LogP contribution in [0.2, 0.25) is 0 Å². The minimum atomic E-state index is 0.755. The van der Waals surface area contributed by atoms with E-state index < -0.39 is 0 Å². The Labute approximate surface area is 79.7 Å². The highest BCUT2D eigenvalue weighted by atomic mass is 14.9. The van der Waals surface area contributed by atoms with E-state index >= 15 is 0 Å². The Morgan fingerprint density at radius 2 is 2.46 bits per heavy atom. The number of nitrogens with one attached hydrogen (secondary N) is 2. The van der Waals surface area contributed by atoms with E-state index in [0.29, 0.717) is 0 Å². The van der Waals surface area contributed by atoms with Crippen molar-refractivity contribution >= 4 is 0 Å². The fraction of sp³-hybridized carbons (Fsp3) is 0.636. The molecule has 0 saturated heterocycles. The van der Waals surface area contributed by atoms with Crippen molar-refractivity contribution in [3.05, 3.63) is 24.0 Å². The van der Waals surface area contributed by atoms with Gasteiger partial charge in [-0.3, -0.25) is 0 Å². The first-order valence-corrected chi connectivity index (χ1v) is 5.19. The normalized spacial score (nSPS) is 28.1. The zero-order valence-corrected chi connectivity index (χ0v) is 8.22. The number of aromatic nitrogens is 1. The molecule has 0 bridgehead atoms. The maximum Gasteiger partial charge on any atom is 0.0223 e. The van der Waals surface area contributed by atoms with Crippen molar-refractivity contribution < 1.29 is 0 Å². The van der Waals surface area contributed by atoms with Gasteiger partial charge in [-0.2, -0.15) is 0 Å². The Bertz CT molecular complexity index is 241. The molecule has 2 N–H and O–H groups in total. The van der Waals surface area contributed by atoms with Crippen molar-refractivity contribution in [1.29, 1.82) is 0 Å². The van der Waals surface area contributed by atoms with Crippen LogP contribution in [0, 0.1) is 5.92 Å². The molecule has 0 radical (unpaired) electrons. The fourth-order valence-corrected chi connectivity index (χ4v) is 2.12. The van der Waals surface area contributed by atoms with Crippen molar-refractivity contribution in [2.24, 2.45) is 5.92 Å². The van der Waals surface area contributed by atoms with Crippen molar-refractivity contribution in [3.63, 3.8) is 0 Å². The van der Waals surface area contributed by atoms with Gasteiger partial charge in [0.05, 0.1) is 0 Å². The standard InChI is InChI=1S/C11H18N2/c1-9-2-3-11(6-9)13-8-10-4-5-12-7-10/h4-5,7,9,11-13H,2-3,6,8H2,1H3. The van der Waals surface area contributed by atoms with Crippen molar-refractivity contribution in [1.82, 2.24) is 10.3 Å². The number of rotatable bonds is 3. The molecule has 0 spiro atoms. The van der Waals surface area contributed by atoms with Crippen LogP contribution in [0.4, 0.5) is 0 Å². The topological polar surface area (TPSA) is 27.8 Å². The average molecular weight is 178 g/mol. The third kappa shape index (κ3) is 2.34. The summed E-state index contributed by atoms with van der Waals surface area (Å²) in [6, 6.07) is 2.88. The van der Waals surface area contributed by atoms with Crippen LogP contribution in [-0.4, -0.2) is 11.0 Å². The number of aromatic amines is 1. The van der Waals surface area contributed by atoms with Gasteiger partial charge < -0.3 is 10.3 Å². The van der Waals surface area contributed by atoms with Gasteiger partial charge in [0.15, 0.2) is 0 Å². The molecule has 1 fully saturated rings. The predicted molar refractivity (Wildman–Crippen MR) is 54.4 cm³/mol. The Kier molecular flexibility index (Phi) is 2.69. The smallest absolute Gasteiger partial charge is 0.0223 e. The lowest BCUT2D eigenvalue weighted by Gasteiger charge is -2.10. The van der Waals surface area contributed by atoms with E-state index in [4.69, 9.17) is 0 Å². The molecule has 0 aromatic carbocycles. The minimum Gasteiger partial charge on any atom is -0.367 e. The lowest BCUT2D eigenvalue weighted by molar-refractivity contribution is 0.502. The Morgan fingerprint density at radius 1 is 1.54 bits per heavy atom. The molecule has 2 unspecified atom stereocenters.